The maximum absolute atomic E-state index is 12.3. The molecule has 0 spiro atoms. The first kappa shape index (κ1) is 19.6. The van der Waals surface area contributed by atoms with Gasteiger partial charge in [-0.1, -0.05) is 48.0 Å². The van der Waals surface area contributed by atoms with E-state index in [2.05, 4.69) is 42.6 Å². The Morgan fingerprint density at radius 3 is 2.70 bits per heavy atom. The molecule has 2 aromatic rings. The number of amides is 1. The summed E-state index contributed by atoms with van der Waals surface area (Å²) in [7, 11) is 0. The maximum atomic E-state index is 12.3. The summed E-state index contributed by atoms with van der Waals surface area (Å²) in [5.74, 6) is 0.0487. The first-order chi connectivity index (χ1) is 13.1. The molecule has 144 valence electrons. The third-order valence-electron chi connectivity index (χ3n) is 4.99. The summed E-state index contributed by atoms with van der Waals surface area (Å²) in [5.41, 5.74) is 5.66. The van der Waals surface area contributed by atoms with Gasteiger partial charge in [-0.15, -0.1) is 0 Å². The van der Waals surface area contributed by atoms with Crippen molar-refractivity contribution in [1.29, 1.82) is 0 Å². The van der Waals surface area contributed by atoms with Crippen molar-refractivity contribution in [3.63, 3.8) is 0 Å². The summed E-state index contributed by atoms with van der Waals surface area (Å²) in [6, 6.07) is 14.5. The molecule has 0 aliphatic carbocycles. The van der Waals surface area contributed by atoms with E-state index in [1.807, 2.05) is 19.1 Å². The van der Waals surface area contributed by atoms with Crippen LogP contribution in [-0.4, -0.2) is 25.2 Å². The second kappa shape index (κ2) is 9.67. The number of hydrogen-bond donors (Lipinski definition) is 1. The van der Waals surface area contributed by atoms with Crippen LogP contribution in [0.15, 0.2) is 42.5 Å². The van der Waals surface area contributed by atoms with Gasteiger partial charge in [0.05, 0.1) is 19.1 Å². The zero-order chi connectivity index (χ0) is 19.1. The minimum Gasteiger partial charge on any atom is -0.381 e. The van der Waals surface area contributed by atoms with E-state index in [0.717, 1.165) is 48.3 Å². The van der Waals surface area contributed by atoms with Crippen LogP contribution in [0.4, 0.5) is 0 Å². The number of rotatable bonds is 7. The molecule has 1 aliphatic rings. The molecular formula is C23H29NO3. The lowest BCUT2D eigenvalue weighted by Crippen LogP contribution is -2.25. The second-order valence-corrected chi connectivity index (χ2v) is 7.33. The van der Waals surface area contributed by atoms with E-state index < -0.39 is 0 Å². The zero-order valence-corrected chi connectivity index (χ0v) is 16.3. The van der Waals surface area contributed by atoms with Gasteiger partial charge in [0.1, 0.15) is 0 Å². The Bertz CT molecular complexity index is 766. The van der Waals surface area contributed by atoms with E-state index in [1.165, 1.54) is 5.56 Å². The van der Waals surface area contributed by atoms with Crippen LogP contribution in [0.25, 0.3) is 0 Å². The predicted molar refractivity (Wildman–Crippen MR) is 107 cm³/mol. The van der Waals surface area contributed by atoms with E-state index in [4.69, 9.17) is 9.47 Å². The molecule has 1 heterocycles. The molecule has 4 nitrogen and oxygen atoms in total. The molecule has 1 saturated heterocycles. The second-order valence-electron chi connectivity index (χ2n) is 7.33. The van der Waals surface area contributed by atoms with E-state index in [0.29, 0.717) is 25.7 Å². The van der Waals surface area contributed by atoms with Gasteiger partial charge in [-0.3, -0.25) is 4.79 Å². The summed E-state index contributed by atoms with van der Waals surface area (Å²) in [6.07, 6.45) is 2.64. The third kappa shape index (κ3) is 6.19. The highest BCUT2D eigenvalue weighted by Gasteiger charge is 2.14. The van der Waals surface area contributed by atoms with Crippen molar-refractivity contribution in [2.45, 2.75) is 52.4 Å². The quantitative estimate of drug-likeness (QED) is 0.808. The van der Waals surface area contributed by atoms with E-state index in [1.54, 1.807) is 0 Å². The summed E-state index contributed by atoms with van der Waals surface area (Å²) in [4.78, 5) is 12.3. The molecular weight excluding hydrogens is 338 g/mol. The molecule has 0 radical (unpaired) electrons. The van der Waals surface area contributed by atoms with Gasteiger partial charge in [0.15, 0.2) is 0 Å². The third-order valence-corrected chi connectivity index (χ3v) is 4.99. The number of carbonyl (C=O) groups is 1. The van der Waals surface area contributed by atoms with E-state index >= 15 is 0 Å². The van der Waals surface area contributed by atoms with Gasteiger partial charge in [0, 0.05) is 19.8 Å². The number of benzene rings is 2. The van der Waals surface area contributed by atoms with E-state index in [-0.39, 0.29) is 5.91 Å². The minimum atomic E-state index is 0.0487. The van der Waals surface area contributed by atoms with Crippen LogP contribution >= 0.6 is 0 Å². The van der Waals surface area contributed by atoms with Gasteiger partial charge in [0.25, 0.3) is 0 Å². The maximum Gasteiger partial charge on any atom is 0.224 e. The molecule has 0 aromatic heterocycles. The zero-order valence-electron chi connectivity index (χ0n) is 16.3. The predicted octanol–water partition coefficient (Wildman–Crippen LogP) is 3.86. The Morgan fingerprint density at radius 1 is 1.11 bits per heavy atom. The fraction of sp³-hybridized carbons (Fsp3) is 0.435. The Kier molecular flexibility index (Phi) is 7.02. The van der Waals surface area contributed by atoms with Crippen LogP contribution in [0.3, 0.4) is 0 Å². The van der Waals surface area contributed by atoms with Crippen molar-refractivity contribution in [3.8, 4) is 0 Å². The van der Waals surface area contributed by atoms with Crippen molar-refractivity contribution < 1.29 is 14.3 Å². The van der Waals surface area contributed by atoms with Gasteiger partial charge < -0.3 is 14.8 Å². The number of carbonyl (C=O) groups excluding carboxylic acids is 1. The minimum absolute atomic E-state index is 0.0487. The Labute approximate surface area is 161 Å². The van der Waals surface area contributed by atoms with Gasteiger partial charge in [-0.05, 0) is 48.9 Å². The molecule has 1 N–H and O–H groups in total. The first-order valence-corrected chi connectivity index (χ1v) is 9.70. The van der Waals surface area contributed by atoms with Crippen molar-refractivity contribution >= 4 is 5.91 Å². The fourth-order valence-corrected chi connectivity index (χ4v) is 3.31. The monoisotopic (exact) mass is 367 g/mol. The fourth-order valence-electron chi connectivity index (χ4n) is 3.31. The van der Waals surface area contributed by atoms with Crippen molar-refractivity contribution in [2.24, 2.45) is 0 Å². The van der Waals surface area contributed by atoms with Gasteiger partial charge >= 0.3 is 0 Å². The molecule has 2 aromatic carbocycles. The topological polar surface area (TPSA) is 47.6 Å². The molecule has 27 heavy (non-hydrogen) atoms. The largest absolute Gasteiger partial charge is 0.381 e. The number of aryl methyl sites for hydroxylation is 2. The molecule has 1 fully saturated rings. The summed E-state index contributed by atoms with van der Waals surface area (Å²) >= 11 is 0. The van der Waals surface area contributed by atoms with Crippen LogP contribution < -0.4 is 5.32 Å². The molecule has 3 rings (SSSR count). The average Bonchev–Trinajstić information content (AvgIpc) is 2.69. The Morgan fingerprint density at radius 2 is 1.89 bits per heavy atom. The lowest BCUT2D eigenvalue weighted by molar-refractivity contribution is -0.120. The first-order valence-electron chi connectivity index (χ1n) is 9.70. The number of nitrogens with one attached hydrogen (secondary N) is 1. The molecule has 1 amide bonds. The highest BCUT2D eigenvalue weighted by Crippen LogP contribution is 2.15. The van der Waals surface area contributed by atoms with Gasteiger partial charge in [-0.25, -0.2) is 0 Å². The molecule has 1 aliphatic heterocycles. The Balaban J connectivity index is 1.48. The number of ether oxygens (including phenoxy) is 2. The van der Waals surface area contributed by atoms with Crippen LogP contribution in [0.5, 0.6) is 0 Å². The summed E-state index contributed by atoms with van der Waals surface area (Å²) < 4.78 is 11.3. The highest BCUT2D eigenvalue weighted by atomic mass is 16.5. The standard InChI is InChI=1S/C23H29NO3/c1-17-6-7-18(2)21(12-17)14-23(25)24-15-19-4-3-5-20(13-19)16-27-22-8-10-26-11-9-22/h3-7,12-13,22H,8-11,14-16H2,1-2H3,(H,24,25). The molecule has 0 atom stereocenters. The Hall–Kier alpha value is -2.17. The van der Waals surface area contributed by atoms with Crippen molar-refractivity contribution in [2.75, 3.05) is 13.2 Å². The van der Waals surface area contributed by atoms with Gasteiger partial charge in [-0.2, -0.15) is 0 Å². The highest BCUT2D eigenvalue weighted by molar-refractivity contribution is 5.79. The smallest absolute Gasteiger partial charge is 0.224 e. The van der Waals surface area contributed by atoms with Crippen LogP contribution in [0.2, 0.25) is 0 Å². The SMILES string of the molecule is Cc1ccc(C)c(CC(=O)NCc2cccc(COC3CCOCC3)c2)c1. The summed E-state index contributed by atoms with van der Waals surface area (Å²) in [6.45, 7) is 6.82. The lowest BCUT2D eigenvalue weighted by atomic mass is 10.0. The van der Waals surface area contributed by atoms with Crippen LogP contribution in [-0.2, 0) is 33.8 Å². The molecule has 0 saturated carbocycles. The molecule has 0 unspecified atom stereocenters. The van der Waals surface area contributed by atoms with Crippen molar-refractivity contribution in [1.82, 2.24) is 5.32 Å². The average molecular weight is 367 g/mol. The normalized spacial score (nSPS) is 14.9. The summed E-state index contributed by atoms with van der Waals surface area (Å²) in [5, 5.41) is 3.03. The number of hydrogen-bond acceptors (Lipinski definition) is 3. The molecule has 0 bridgehead atoms. The van der Waals surface area contributed by atoms with Crippen LogP contribution in [0, 0.1) is 13.8 Å². The van der Waals surface area contributed by atoms with Gasteiger partial charge in [0.2, 0.25) is 5.91 Å². The van der Waals surface area contributed by atoms with E-state index in [9.17, 15) is 4.79 Å². The van der Waals surface area contributed by atoms with Crippen LogP contribution in [0.1, 0.15) is 40.7 Å². The molecule has 4 heteroatoms. The van der Waals surface area contributed by atoms with Crippen molar-refractivity contribution in [3.05, 3.63) is 70.3 Å². The lowest BCUT2D eigenvalue weighted by Gasteiger charge is -2.22.